The van der Waals surface area contributed by atoms with Gasteiger partial charge in [0.1, 0.15) is 23.9 Å². The number of hydrogen-bond acceptors (Lipinski definition) is 5. The van der Waals surface area contributed by atoms with Crippen LogP contribution in [-0.4, -0.2) is 64.2 Å². The first-order valence-corrected chi connectivity index (χ1v) is 14.1. The third kappa shape index (κ3) is 4.91. The zero-order valence-corrected chi connectivity index (χ0v) is 24.8. The smallest absolute Gasteiger partial charge is 0.245 e. The highest BCUT2D eigenvalue weighted by atomic mass is 19.1. The minimum atomic E-state index is -0.391. The quantitative estimate of drug-likeness (QED) is 0.146. The Labute approximate surface area is 247 Å². The van der Waals surface area contributed by atoms with E-state index >= 15 is 4.39 Å². The number of rotatable bonds is 8. The van der Waals surface area contributed by atoms with Crippen LogP contribution >= 0.6 is 0 Å². The fraction of sp³-hybridized carbons (Fsp3) is 0.364. The van der Waals surface area contributed by atoms with Crippen molar-refractivity contribution < 1.29 is 20.1 Å². The van der Waals surface area contributed by atoms with Crippen LogP contribution in [0, 0.1) is 32.0 Å². The van der Waals surface area contributed by atoms with Crippen molar-refractivity contribution in [2.45, 2.75) is 39.7 Å². The molecule has 2 aromatic heterocycles. The predicted molar refractivity (Wildman–Crippen MR) is 165 cm³/mol. The first-order chi connectivity index (χ1) is 20.2. The summed E-state index contributed by atoms with van der Waals surface area (Å²) in [6.07, 6.45) is 5.07. The van der Waals surface area contributed by atoms with Crippen LogP contribution < -0.4 is 4.74 Å². The fourth-order valence-corrected chi connectivity index (χ4v) is 6.45. The average Bonchev–Trinajstić information content (AvgIpc) is 3.53. The predicted octanol–water partition coefficient (Wildman–Crippen LogP) is 6.58. The van der Waals surface area contributed by atoms with Crippen molar-refractivity contribution >= 4 is 16.8 Å². The van der Waals surface area contributed by atoms with Crippen LogP contribution in [0.25, 0.3) is 33.3 Å². The number of hydrogen-bond donors (Lipinski definition) is 1. The first-order valence-electron chi connectivity index (χ1n) is 14.1. The molecule has 1 aliphatic carbocycles. The molecule has 0 bridgehead atoms. The number of ether oxygens (including phenoxy) is 2. The molecule has 6 rings (SSSR count). The van der Waals surface area contributed by atoms with E-state index in [1.807, 2.05) is 11.1 Å². The first kappa shape index (κ1) is 29.3. The van der Waals surface area contributed by atoms with Gasteiger partial charge in [-0.25, -0.2) is 4.39 Å². The SMILES string of the molecule is C=C.C=CC(=O)N1CC2(CC(n3nc(-c4ccc(OCCOC)cc4F)c(-c4c(C)c(C)cc5[nH]ncc45)c3C)C2)C1.[HH]. The van der Waals surface area contributed by atoms with Crippen LogP contribution in [0.2, 0.25) is 0 Å². The Bertz CT molecular complexity index is 1650. The molecule has 3 heterocycles. The molecule has 4 aromatic rings. The number of aromatic amines is 1. The Morgan fingerprint density at radius 2 is 1.93 bits per heavy atom. The summed E-state index contributed by atoms with van der Waals surface area (Å²) in [7, 11) is 1.60. The summed E-state index contributed by atoms with van der Waals surface area (Å²) in [5.41, 5.74) is 7.25. The zero-order chi connectivity index (χ0) is 30.2. The van der Waals surface area contributed by atoms with Crippen molar-refractivity contribution in [1.82, 2.24) is 24.9 Å². The summed E-state index contributed by atoms with van der Waals surface area (Å²) in [6, 6.07) is 7.21. The molecule has 42 heavy (non-hydrogen) atoms. The summed E-state index contributed by atoms with van der Waals surface area (Å²) in [6.45, 7) is 18.1. The Morgan fingerprint density at radius 3 is 2.60 bits per heavy atom. The Hall–Kier alpha value is -4.24. The van der Waals surface area contributed by atoms with Crippen molar-refractivity contribution in [2.75, 3.05) is 33.4 Å². The zero-order valence-electron chi connectivity index (χ0n) is 24.8. The topological polar surface area (TPSA) is 85.3 Å². The molecule has 0 unspecified atom stereocenters. The maximum absolute atomic E-state index is 15.7. The van der Waals surface area contributed by atoms with Gasteiger partial charge in [-0.2, -0.15) is 10.2 Å². The van der Waals surface area contributed by atoms with Gasteiger partial charge in [0.25, 0.3) is 0 Å². The van der Waals surface area contributed by atoms with Crippen LogP contribution in [0.5, 0.6) is 5.75 Å². The van der Waals surface area contributed by atoms with Crippen LogP contribution in [-0.2, 0) is 9.53 Å². The minimum Gasteiger partial charge on any atom is -0.491 e. The maximum Gasteiger partial charge on any atom is 0.245 e. The van der Waals surface area contributed by atoms with Crippen LogP contribution in [0.15, 0.2) is 56.3 Å². The van der Waals surface area contributed by atoms with Crippen molar-refractivity contribution in [3.63, 3.8) is 0 Å². The molecule has 8 nitrogen and oxygen atoms in total. The number of halogens is 1. The molecule has 9 heteroatoms. The van der Waals surface area contributed by atoms with Crippen molar-refractivity contribution in [3.05, 3.63) is 78.9 Å². The molecule has 2 aromatic carbocycles. The van der Waals surface area contributed by atoms with E-state index in [0.29, 0.717) is 30.2 Å². The van der Waals surface area contributed by atoms with Gasteiger partial charge in [-0.1, -0.05) is 6.58 Å². The summed E-state index contributed by atoms with van der Waals surface area (Å²) in [5.74, 6) is 0.0415. The van der Waals surface area contributed by atoms with Gasteiger partial charge in [0.15, 0.2) is 0 Å². The number of carbonyl (C=O) groups excluding carboxylic acids is 1. The highest BCUT2D eigenvalue weighted by Crippen LogP contribution is 2.55. The fourth-order valence-electron chi connectivity index (χ4n) is 6.45. The second kappa shape index (κ2) is 11.6. The molecule has 2 aliphatic rings. The van der Waals surface area contributed by atoms with Gasteiger partial charge in [-0.15, -0.1) is 13.2 Å². The molecule has 2 fully saturated rings. The van der Waals surface area contributed by atoms with Gasteiger partial charge in [-0.3, -0.25) is 14.6 Å². The minimum absolute atomic E-state index is 0. The van der Waals surface area contributed by atoms with Crippen molar-refractivity contribution in [1.29, 1.82) is 0 Å². The molecule has 1 saturated carbocycles. The lowest BCUT2D eigenvalue weighted by Gasteiger charge is -2.58. The van der Waals surface area contributed by atoms with Gasteiger partial charge >= 0.3 is 0 Å². The highest BCUT2D eigenvalue weighted by Gasteiger charge is 2.54. The lowest BCUT2D eigenvalue weighted by Crippen LogP contribution is -2.63. The van der Waals surface area contributed by atoms with E-state index in [1.165, 1.54) is 12.1 Å². The van der Waals surface area contributed by atoms with Crippen LogP contribution in [0.4, 0.5) is 4.39 Å². The largest absolute Gasteiger partial charge is 0.491 e. The van der Waals surface area contributed by atoms with Crippen LogP contribution in [0.1, 0.15) is 37.1 Å². The molecule has 1 saturated heterocycles. The van der Waals surface area contributed by atoms with Gasteiger partial charge in [0, 0.05) is 55.3 Å². The number of H-pyrrole nitrogens is 1. The average molecular weight is 574 g/mol. The monoisotopic (exact) mass is 573 g/mol. The molecule has 1 N–H and O–H groups in total. The molecule has 1 aliphatic heterocycles. The Balaban J connectivity index is 0.00000138. The van der Waals surface area contributed by atoms with Gasteiger partial charge in [0.05, 0.1) is 24.4 Å². The standard InChI is InChI=1S/C31H34FN5O3.C2H4.H2/c1-6-27(38)36-16-31(17-36)13-21(14-31)37-20(4)29(28-19(3)18(2)11-26-24(28)15-33-34-26)30(35-37)23-8-7-22(12-25(23)32)40-10-9-39-5;1-2;/h6-8,11-12,15,21H,1,9-10,13-14,16-17H2,2-5H3,(H,33,34);1-2H2;1H. The summed E-state index contributed by atoms with van der Waals surface area (Å²) in [4.78, 5) is 13.8. The summed E-state index contributed by atoms with van der Waals surface area (Å²) in [5, 5.41) is 13.5. The van der Waals surface area contributed by atoms with E-state index in [1.54, 1.807) is 19.2 Å². The van der Waals surface area contributed by atoms with Gasteiger partial charge in [-0.05, 0) is 74.6 Å². The molecule has 1 spiro atoms. The molecule has 0 radical (unpaired) electrons. The van der Waals surface area contributed by atoms with Crippen molar-refractivity contribution in [2.24, 2.45) is 5.41 Å². The normalized spacial score (nSPS) is 15.6. The number of methoxy groups -OCH3 is 1. The summed E-state index contributed by atoms with van der Waals surface area (Å²) < 4.78 is 28.5. The number of amides is 1. The van der Waals surface area contributed by atoms with Crippen molar-refractivity contribution in [3.8, 4) is 28.1 Å². The number of aromatic nitrogens is 4. The lowest BCUT2D eigenvalue weighted by molar-refractivity contribution is -0.149. The van der Waals surface area contributed by atoms with Gasteiger partial charge < -0.3 is 14.4 Å². The van der Waals surface area contributed by atoms with E-state index < -0.39 is 5.82 Å². The maximum atomic E-state index is 15.7. The van der Waals surface area contributed by atoms with E-state index in [4.69, 9.17) is 14.6 Å². The third-order valence-corrected chi connectivity index (χ3v) is 8.64. The highest BCUT2D eigenvalue weighted by molar-refractivity contribution is 6.01. The number of aryl methyl sites for hydroxylation is 1. The number of fused-ring (bicyclic) bond motifs is 1. The molecule has 222 valence electrons. The number of nitrogens with one attached hydrogen (secondary N) is 1. The third-order valence-electron chi connectivity index (χ3n) is 8.64. The summed E-state index contributed by atoms with van der Waals surface area (Å²) >= 11 is 0. The lowest BCUT2D eigenvalue weighted by atomic mass is 9.60. The number of carbonyl (C=O) groups is 1. The second-order valence-corrected chi connectivity index (χ2v) is 11.2. The molecule has 0 atom stereocenters. The van der Waals surface area contributed by atoms with Gasteiger partial charge in [0.2, 0.25) is 5.91 Å². The molecule has 1 amide bonds. The van der Waals surface area contributed by atoms with E-state index in [-0.39, 0.29) is 18.8 Å². The van der Waals surface area contributed by atoms with E-state index in [9.17, 15) is 4.79 Å². The van der Waals surface area contributed by atoms with Crippen LogP contribution in [0.3, 0.4) is 0 Å². The Kier molecular flexibility index (Phi) is 8.06. The number of likely N-dealkylation sites (tertiary alicyclic amines) is 1. The second-order valence-electron chi connectivity index (χ2n) is 11.2. The Morgan fingerprint density at radius 1 is 1.19 bits per heavy atom. The molecular weight excluding hydrogens is 533 g/mol. The number of benzene rings is 2. The van der Waals surface area contributed by atoms with E-state index in [2.05, 4.69) is 61.5 Å². The number of nitrogens with zero attached hydrogens (tertiary/aromatic N) is 4. The van der Waals surface area contributed by atoms with E-state index in [0.717, 1.165) is 64.8 Å². The molecular formula is C33H40FN5O3.